The summed E-state index contributed by atoms with van der Waals surface area (Å²) in [6.45, 7) is 2.89. The summed E-state index contributed by atoms with van der Waals surface area (Å²) in [6.07, 6.45) is 2.16. The van der Waals surface area contributed by atoms with Crippen LogP contribution in [0.2, 0.25) is 0 Å². The van der Waals surface area contributed by atoms with Crippen LogP contribution in [0.4, 0.5) is 8.78 Å². The molecule has 2 saturated carbocycles. The lowest BCUT2D eigenvalue weighted by atomic mass is 9.55. The highest BCUT2D eigenvalue weighted by Crippen LogP contribution is 2.61. The number of hydrogen-bond acceptors (Lipinski definition) is 3. The molecule has 0 bridgehead atoms. The zero-order chi connectivity index (χ0) is 18.0. The monoisotopic (exact) mass is 352 g/mol. The second-order valence-corrected chi connectivity index (χ2v) is 8.48. The molecule has 3 nitrogen and oxygen atoms in total. The number of benzene rings is 1. The lowest BCUT2D eigenvalue weighted by Gasteiger charge is -2.50. The van der Waals surface area contributed by atoms with Crippen molar-refractivity contribution in [3.05, 3.63) is 23.3 Å². The SMILES string of the molecule is CC(F)(F)Oc1cc2c(cc1O)CCC1C2CCC2(C)C(O)CCC12. The Morgan fingerprint density at radius 3 is 2.68 bits per heavy atom. The Labute approximate surface area is 147 Å². The van der Waals surface area contributed by atoms with Crippen LogP contribution >= 0.6 is 0 Å². The summed E-state index contributed by atoms with van der Waals surface area (Å²) >= 11 is 0. The van der Waals surface area contributed by atoms with Crippen LogP contribution in [0.3, 0.4) is 0 Å². The van der Waals surface area contributed by atoms with Crippen LogP contribution < -0.4 is 4.74 Å². The zero-order valence-electron chi connectivity index (χ0n) is 14.8. The van der Waals surface area contributed by atoms with Crippen LogP contribution in [-0.2, 0) is 6.42 Å². The van der Waals surface area contributed by atoms with Crippen molar-refractivity contribution >= 4 is 0 Å². The number of fused-ring (bicyclic) bond motifs is 5. The standard InChI is InChI=1S/C20H26F2O3/c1-19-8-7-12-13(15(19)5-6-18(19)24)4-3-11-9-16(23)17(10-14(11)12)25-20(2,21)22/h9-10,12-13,15,18,23-24H,3-8H2,1-2H3. The first kappa shape index (κ1) is 17.1. The number of aliphatic hydroxyl groups is 1. The molecule has 2 fully saturated rings. The summed E-state index contributed by atoms with van der Waals surface area (Å²) in [5.41, 5.74) is 2.09. The van der Waals surface area contributed by atoms with Crippen LogP contribution in [-0.4, -0.2) is 22.4 Å². The van der Waals surface area contributed by atoms with E-state index in [9.17, 15) is 19.0 Å². The van der Waals surface area contributed by atoms with Crippen molar-refractivity contribution in [1.29, 1.82) is 0 Å². The fraction of sp³-hybridized carbons (Fsp3) is 0.700. The number of ether oxygens (including phenoxy) is 1. The van der Waals surface area contributed by atoms with Crippen molar-refractivity contribution in [1.82, 2.24) is 0 Å². The number of alkyl halides is 2. The van der Waals surface area contributed by atoms with Crippen molar-refractivity contribution in [2.75, 3.05) is 0 Å². The van der Waals surface area contributed by atoms with E-state index in [1.54, 1.807) is 12.1 Å². The van der Waals surface area contributed by atoms with E-state index in [2.05, 4.69) is 11.7 Å². The van der Waals surface area contributed by atoms with Gasteiger partial charge in [0.1, 0.15) is 0 Å². The molecule has 0 aliphatic heterocycles. The van der Waals surface area contributed by atoms with Gasteiger partial charge in [-0.1, -0.05) is 6.92 Å². The predicted molar refractivity (Wildman–Crippen MR) is 90.0 cm³/mol. The van der Waals surface area contributed by atoms with E-state index in [0.717, 1.165) is 49.7 Å². The molecule has 3 aliphatic carbocycles. The van der Waals surface area contributed by atoms with Gasteiger partial charge in [0.25, 0.3) is 0 Å². The normalized spacial score (nSPS) is 37.2. The number of aliphatic hydroxyl groups excluding tert-OH is 1. The number of halogens is 2. The van der Waals surface area contributed by atoms with E-state index < -0.39 is 6.11 Å². The summed E-state index contributed by atoms with van der Waals surface area (Å²) in [7, 11) is 0. The Kier molecular flexibility index (Phi) is 3.80. The molecule has 1 aromatic carbocycles. The second-order valence-electron chi connectivity index (χ2n) is 8.48. The topological polar surface area (TPSA) is 49.7 Å². The number of hydrogen-bond donors (Lipinski definition) is 2. The minimum Gasteiger partial charge on any atom is -0.504 e. The maximum absolute atomic E-state index is 13.3. The van der Waals surface area contributed by atoms with Crippen LogP contribution in [0.25, 0.3) is 0 Å². The summed E-state index contributed by atoms with van der Waals surface area (Å²) < 4.78 is 31.2. The van der Waals surface area contributed by atoms with Gasteiger partial charge in [0.15, 0.2) is 11.5 Å². The highest BCUT2D eigenvalue weighted by atomic mass is 19.3. The molecule has 0 spiro atoms. The maximum atomic E-state index is 13.3. The smallest absolute Gasteiger partial charge is 0.395 e. The number of aromatic hydroxyl groups is 1. The maximum Gasteiger partial charge on any atom is 0.395 e. The van der Waals surface area contributed by atoms with Gasteiger partial charge in [-0.05, 0) is 85.0 Å². The van der Waals surface area contributed by atoms with Crippen molar-refractivity contribution < 1.29 is 23.7 Å². The molecule has 0 radical (unpaired) electrons. The number of rotatable bonds is 2. The van der Waals surface area contributed by atoms with E-state index in [4.69, 9.17) is 0 Å². The van der Waals surface area contributed by atoms with Gasteiger partial charge in [-0.25, -0.2) is 0 Å². The number of phenolic OH excluding ortho intramolecular Hbond substituents is 1. The number of aryl methyl sites for hydroxylation is 1. The Balaban J connectivity index is 1.69. The molecule has 0 amide bonds. The van der Waals surface area contributed by atoms with E-state index in [1.165, 1.54) is 0 Å². The Bertz CT molecular complexity index is 684. The molecule has 2 N–H and O–H groups in total. The molecule has 0 saturated heterocycles. The molecular formula is C20H26F2O3. The quantitative estimate of drug-likeness (QED) is 0.818. The minimum atomic E-state index is -3.32. The average molecular weight is 352 g/mol. The summed E-state index contributed by atoms with van der Waals surface area (Å²) in [5, 5.41) is 20.5. The molecule has 3 aliphatic rings. The van der Waals surface area contributed by atoms with Crippen molar-refractivity contribution in [2.24, 2.45) is 17.3 Å². The lowest BCUT2D eigenvalue weighted by molar-refractivity contribution is -0.159. The van der Waals surface area contributed by atoms with Gasteiger partial charge < -0.3 is 14.9 Å². The van der Waals surface area contributed by atoms with Gasteiger partial charge in [-0.15, -0.1) is 0 Å². The summed E-state index contributed by atoms with van der Waals surface area (Å²) in [6, 6.07) is 3.23. The Hall–Kier alpha value is -1.36. The summed E-state index contributed by atoms with van der Waals surface area (Å²) in [4.78, 5) is 0. The first-order valence-corrected chi connectivity index (χ1v) is 9.30. The molecule has 0 aromatic heterocycles. The number of phenols is 1. The third-order valence-corrected chi connectivity index (χ3v) is 7.04. The third-order valence-electron chi connectivity index (χ3n) is 7.04. The van der Waals surface area contributed by atoms with Gasteiger partial charge in [-0.3, -0.25) is 0 Å². The van der Waals surface area contributed by atoms with Gasteiger partial charge in [0.05, 0.1) is 6.10 Å². The van der Waals surface area contributed by atoms with Crippen molar-refractivity contribution in [3.63, 3.8) is 0 Å². The largest absolute Gasteiger partial charge is 0.504 e. The molecule has 5 unspecified atom stereocenters. The van der Waals surface area contributed by atoms with Crippen LogP contribution in [0, 0.1) is 17.3 Å². The molecule has 1 aromatic rings. The lowest BCUT2D eigenvalue weighted by Crippen LogP contribution is -2.43. The second kappa shape index (κ2) is 5.57. The Morgan fingerprint density at radius 2 is 1.96 bits per heavy atom. The zero-order valence-corrected chi connectivity index (χ0v) is 14.8. The van der Waals surface area contributed by atoms with E-state index in [-0.39, 0.29) is 23.0 Å². The fourth-order valence-electron chi connectivity index (χ4n) is 5.83. The molecule has 25 heavy (non-hydrogen) atoms. The van der Waals surface area contributed by atoms with Gasteiger partial charge >= 0.3 is 6.11 Å². The van der Waals surface area contributed by atoms with Gasteiger partial charge in [0.2, 0.25) is 0 Å². The minimum absolute atomic E-state index is 0.00856. The Morgan fingerprint density at radius 1 is 1.20 bits per heavy atom. The van der Waals surface area contributed by atoms with Crippen LogP contribution in [0.5, 0.6) is 11.5 Å². The van der Waals surface area contributed by atoms with Crippen LogP contribution in [0.15, 0.2) is 12.1 Å². The van der Waals surface area contributed by atoms with Gasteiger partial charge in [0, 0.05) is 6.92 Å². The molecule has 138 valence electrons. The van der Waals surface area contributed by atoms with E-state index in [0.29, 0.717) is 24.7 Å². The highest BCUT2D eigenvalue weighted by Gasteiger charge is 2.54. The molecule has 4 rings (SSSR count). The highest BCUT2D eigenvalue weighted by molar-refractivity contribution is 5.49. The van der Waals surface area contributed by atoms with Crippen LogP contribution in [0.1, 0.15) is 63.0 Å². The summed E-state index contributed by atoms with van der Waals surface area (Å²) in [5.74, 6) is 0.922. The predicted octanol–water partition coefficient (Wildman–Crippen LogP) is 4.60. The van der Waals surface area contributed by atoms with Gasteiger partial charge in [-0.2, -0.15) is 8.78 Å². The average Bonchev–Trinajstić information content (AvgIpc) is 2.82. The molecule has 0 heterocycles. The van der Waals surface area contributed by atoms with Crippen molar-refractivity contribution in [3.8, 4) is 11.5 Å². The third kappa shape index (κ3) is 2.71. The fourth-order valence-corrected chi connectivity index (χ4v) is 5.83. The van der Waals surface area contributed by atoms with E-state index >= 15 is 0 Å². The molecule has 5 heteroatoms. The molecule has 5 atom stereocenters. The molecular weight excluding hydrogens is 326 g/mol. The first-order valence-electron chi connectivity index (χ1n) is 9.30. The van der Waals surface area contributed by atoms with Crippen molar-refractivity contribution in [2.45, 2.75) is 70.5 Å². The van der Waals surface area contributed by atoms with E-state index in [1.807, 2.05) is 0 Å². The first-order chi connectivity index (χ1) is 11.7.